The van der Waals surface area contributed by atoms with Gasteiger partial charge >= 0.3 is 5.97 Å². The largest absolute Gasteiger partial charge is 0.459 e. The molecule has 3 nitrogen and oxygen atoms in total. The zero-order valence-electron chi connectivity index (χ0n) is 17.4. The van der Waals surface area contributed by atoms with Gasteiger partial charge in [0.1, 0.15) is 5.60 Å². The fraction of sp³-hybridized carbons (Fsp3) is 0.667. The molecule has 1 fully saturated rings. The Morgan fingerprint density at radius 1 is 1.15 bits per heavy atom. The molecule has 0 aromatic heterocycles. The van der Waals surface area contributed by atoms with Gasteiger partial charge in [-0.25, -0.2) is 0 Å². The van der Waals surface area contributed by atoms with Crippen molar-refractivity contribution in [2.24, 2.45) is 0 Å². The van der Waals surface area contributed by atoms with Crippen LogP contribution in [0.25, 0.3) is 0 Å². The van der Waals surface area contributed by atoms with Crippen molar-refractivity contribution in [2.75, 3.05) is 0 Å². The van der Waals surface area contributed by atoms with E-state index in [9.17, 15) is 4.79 Å². The predicted octanol–water partition coefficient (Wildman–Crippen LogP) is 6.10. The highest BCUT2D eigenvalue weighted by atomic mass is 35.5. The van der Waals surface area contributed by atoms with Crippen LogP contribution in [0.1, 0.15) is 59.9 Å². The zero-order chi connectivity index (χ0) is 20.0. The highest BCUT2D eigenvalue weighted by Crippen LogP contribution is 2.50. The second-order valence-electron chi connectivity index (χ2n) is 10.0. The number of carbonyl (C=O) groups excluding carboxylic acids is 1. The maximum atomic E-state index is 13.1. The number of esters is 1. The third-order valence-corrected chi connectivity index (χ3v) is 10.4. The molecule has 0 saturated heterocycles. The van der Waals surface area contributed by atoms with Crippen LogP contribution in [0.3, 0.4) is 0 Å². The summed E-state index contributed by atoms with van der Waals surface area (Å²) in [7, 11) is -1.87. The smallest absolute Gasteiger partial charge is 0.317 e. The van der Waals surface area contributed by atoms with Gasteiger partial charge in [0.2, 0.25) is 0 Å². The van der Waals surface area contributed by atoms with Crippen molar-refractivity contribution in [3.8, 4) is 0 Å². The normalized spacial score (nSPS) is 24.1. The number of hydrogen-bond acceptors (Lipinski definition) is 3. The lowest BCUT2D eigenvalue weighted by Crippen LogP contribution is -2.57. The molecule has 0 aliphatic heterocycles. The minimum atomic E-state index is -1.87. The molecule has 5 heteroatoms. The Kier molecular flexibility index (Phi) is 5.74. The number of carbonyl (C=O) groups is 1. The van der Waals surface area contributed by atoms with E-state index in [1.807, 2.05) is 45.0 Å². The van der Waals surface area contributed by atoms with E-state index >= 15 is 0 Å². The Bertz CT molecular complexity index is 665. The Balaban J connectivity index is 2.25. The third kappa shape index (κ3) is 4.52. The average molecular weight is 397 g/mol. The summed E-state index contributed by atoms with van der Waals surface area (Å²) in [5.74, 6) is -0.178. The minimum absolute atomic E-state index is 0.0855. The van der Waals surface area contributed by atoms with Gasteiger partial charge < -0.3 is 9.16 Å². The standard InChI is InChI=1S/C21H33ClO3Si/c1-19(2,3)24-18(23)21(15-10-9-11-16(22)12-15)13-17(14-21)25-26(7,8)20(4,5)6/h9-12,17H,13-14H2,1-8H3. The Morgan fingerprint density at radius 2 is 1.73 bits per heavy atom. The molecule has 0 radical (unpaired) electrons. The minimum Gasteiger partial charge on any atom is -0.459 e. The number of halogens is 1. The molecular weight excluding hydrogens is 364 g/mol. The van der Waals surface area contributed by atoms with Gasteiger partial charge in [-0.3, -0.25) is 4.79 Å². The Morgan fingerprint density at radius 3 is 2.19 bits per heavy atom. The summed E-state index contributed by atoms with van der Waals surface area (Å²) in [6, 6.07) is 7.58. The summed E-state index contributed by atoms with van der Waals surface area (Å²) in [6.07, 6.45) is 1.38. The van der Waals surface area contributed by atoms with Crippen LogP contribution < -0.4 is 0 Å². The molecule has 0 heterocycles. The fourth-order valence-corrected chi connectivity index (χ4v) is 4.62. The highest BCUT2D eigenvalue weighted by Gasteiger charge is 2.56. The van der Waals surface area contributed by atoms with Crippen LogP contribution in [0.4, 0.5) is 0 Å². The van der Waals surface area contributed by atoms with Gasteiger partial charge in [-0.05, 0) is 69.4 Å². The van der Waals surface area contributed by atoms with Gasteiger partial charge in [0.05, 0.1) is 5.41 Å². The molecule has 1 aliphatic carbocycles. The van der Waals surface area contributed by atoms with E-state index in [-0.39, 0.29) is 17.1 Å². The second-order valence-corrected chi connectivity index (χ2v) is 15.2. The van der Waals surface area contributed by atoms with Crippen molar-refractivity contribution in [3.63, 3.8) is 0 Å². The lowest BCUT2D eigenvalue weighted by Gasteiger charge is -2.50. The van der Waals surface area contributed by atoms with E-state index in [4.69, 9.17) is 20.8 Å². The van der Waals surface area contributed by atoms with E-state index in [1.165, 1.54) is 0 Å². The second kappa shape index (κ2) is 6.96. The summed E-state index contributed by atoms with van der Waals surface area (Å²) in [5, 5.41) is 0.784. The molecule has 1 aromatic carbocycles. The van der Waals surface area contributed by atoms with Crippen LogP contribution in [-0.4, -0.2) is 26.0 Å². The van der Waals surface area contributed by atoms with Crippen molar-refractivity contribution < 1.29 is 14.0 Å². The topological polar surface area (TPSA) is 35.5 Å². The third-order valence-electron chi connectivity index (χ3n) is 5.59. The van der Waals surface area contributed by atoms with Crippen molar-refractivity contribution in [1.29, 1.82) is 0 Å². The molecular formula is C21H33ClO3Si. The predicted molar refractivity (Wildman–Crippen MR) is 110 cm³/mol. The van der Waals surface area contributed by atoms with Crippen LogP contribution in [0, 0.1) is 0 Å². The molecule has 26 heavy (non-hydrogen) atoms. The molecule has 0 bridgehead atoms. The van der Waals surface area contributed by atoms with Crippen LogP contribution in [0.5, 0.6) is 0 Å². The molecule has 1 aromatic rings. The quantitative estimate of drug-likeness (QED) is 0.455. The molecule has 1 aliphatic rings. The number of ether oxygens (including phenoxy) is 1. The Labute approximate surface area is 164 Å². The monoisotopic (exact) mass is 396 g/mol. The summed E-state index contributed by atoms with van der Waals surface area (Å²) in [6.45, 7) is 16.9. The first-order valence-electron chi connectivity index (χ1n) is 9.34. The lowest BCUT2D eigenvalue weighted by atomic mass is 9.62. The zero-order valence-corrected chi connectivity index (χ0v) is 19.2. The van der Waals surface area contributed by atoms with Crippen LogP contribution in [0.2, 0.25) is 23.2 Å². The number of benzene rings is 1. The first kappa shape index (κ1) is 21.5. The van der Waals surface area contributed by atoms with Gasteiger partial charge in [-0.15, -0.1) is 0 Å². The molecule has 0 N–H and O–H groups in total. The maximum absolute atomic E-state index is 13.1. The van der Waals surface area contributed by atoms with Gasteiger partial charge in [-0.2, -0.15) is 0 Å². The van der Waals surface area contributed by atoms with Crippen molar-refractivity contribution in [2.45, 2.75) is 89.6 Å². The first-order chi connectivity index (χ1) is 11.7. The van der Waals surface area contributed by atoms with Crippen molar-refractivity contribution >= 4 is 25.9 Å². The summed E-state index contributed by atoms with van der Waals surface area (Å²) >= 11 is 6.20. The van der Waals surface area contributed by atoms with Crippen LogP contribution >= 0.6 is 11.6 Å². The molecule has 1 saturated carbocycles. The van der Waals surface area contributed by atoms with E-state index in [2.05, 4.69) is 33.9 Å². The lowest BCUT2D eigenvalue weighted by molar-refractivity contribution is -0.170. The highest BCUT2D eigenvalue weighted by molar-refractivity contribution is 6.74. The van der Waals surface area contributed by atoms with Crippen molar-refractivity contribution in [1.82, 2.24) is 0 Å². The van der Waals surface area contributed by atoms with Gasteiger partial charge in [-0.1, -0.05) is 44.5 Å². The summed E-state index contributed by atoms with van der Waals surface area (Å²) in [5.41, 5.74) is -0.256. The SMILES string of the molecule is CC(C)(C)OC(=O)C1(c2cccc(Cl)c2)CC(O[Si](C)(C)C(C)(C)C)C1. The van der Waals surface area contributed by atoms with Crippen molar-refractivity contribution in [3.05, 3.63) is 34.9 Å². The first-order valence-corrected chi connectivity index (χ1v) is 12.6. The van der Waals surface area contributed by atoms with Crippen LogP contribution in [0.15, 0.2) is 24.3 Å². The number of hydrogen-bond donors (Lipinski definition) is 0. The molecule has 2 rings (SSSR count). The fourth-order valence-electron chi connectivity index (χ4n) is 3.08. The van der Waals surface area contributed by atoms with Gasteiger partial charge in [0.15, 0.2) is 8.32 Å². The number of rotatable bonds is 4. The van der Waals surface area contributed by atoms with E-state index in [0.29, 0.717) is 17.9 Å². The van der Waals surface area contributed by atoms with E-state index < -0.39 is 19.3 Å². The van der Waals surface area contributed by atoms with Crippen LogP contribution in [-0.2, 0) is 19.4 Å². The molecule has 0 amide bonds. The maximum Gasteiger partial charge on any atom is 0.317 e. The summed E-state index contributed by atoms with van der Waals surface area (Å²) < 4.78 is 12.3. The molecule has 0 unspecified atom stereocenters. The molecule has 0 atom stereocenters. The Hall–Kier alpha value is -0.843. The van der Waals surface area contributed by atoms with E-state index in [0.717, 1.165) is 5.56 Å². The van der Waals surface area contributed by atoms with Gasteiger partial charge in [0.25, 0.3) is 0 Å². The average Bonchev–Trinajstić information content (AvgIpc) is 2.38. The molecule has 0 spiro atoms. The summed E-state index contributed by atoms with van der Waals surface area (Å²) in [4.78, 5) is 13.1. The molecule has 146 valence electrons. The van der Waals surface area contributed by atoms with E-state index in [1.54, 1.807) is 0 Å². The van der Waals surface area contributed by atoms with Gasteiger partial charge in [0, 0.05) is 11.1 Å².